The van der Waals surface area contributed by atoms with E-state index in [0.717, 1.165) is 5.56 Å². The van der Waals surface area contributed by atoms with Crippen molar-refractivity contribution >= 4 is 17.7 Å². The van der Waals surface area contributed by atoms with Crippen molar-refractivity contribution < 1.29 is 9.53 Å². The molecule has 19 heavy (non-hydrogen) atoms. The molecule has 102 valence electrons. The number of carbonyl (C=O) groups excluding carboxylic acids is 1. The van der Waals surface area contributed by atoms with Crippen molar-refractivity contribution in [1.29, 1.82) is 0 Å². The van der Waals surface area contributed by atoms with Gasteiger partial charge >= 0.3 is 0 Å². The summed E-state index contributed by atoms with van der Waals surface area (Å²) in [6, 6.07) is 7.46. The number of nitrogen functional groups attached to an aromatic ring is 1. The molecule has 1 amide bonds. The number of anilines is 1. The fraction of sp³-hybridized carbons (Fsp3) is 0.400. The van der Waals surface area contributed by atoms with Crippen LogP contribution >= 0.6 is 0 Å². The van der Waals surface area contributed by atoms with Crippen LogP contribution in [0.3, 0.4) is 0 Å². The Hall–Kier alpha value is -1.81. The van der Waals surface area contributed by atoms with E-state index in [2.05, 4.69) is 0 Å². The van der Waals surface area contributed by atoms with Gasteiger partial charge in [-0.25, -0.2) is 0 Å². The predicted octanol–water partition coefficient (Wildman–Crippen LogP) is 1.92. The first-order chi connectivity index (χ1) is 8.99. The van der Waals surface area contributed by atoms with Gasteiger partial charge in [-0.05, 0) is 37.6 Å². The normalized spacial score (nSPS) is 18.7. The van der Waals surface area contributed by atoms with Crippen LogP contribution in [0.1, 0.15) is 19.4 Å². The van der Waals surface area contributed by atoms with Crippen molar-refractivity contribution in [2.75, 3.05) is 25.5 Å². The summed E-state index contributed by atoms with van der Waals surface area (Å²) in [5.41, 5.74) is 7.08. The average molecular weight is 260 g/mol. The van der Waals surface area contributed by atoms with E-state index in [9.17, 15) is 4.79 Å². The second-order valence-electron chi connectivity index (χ2n) is 5.36. The number of carbonyl (C=O) groups is 1. The largest absolute Gasteiger partial charge is 0.399 e. The summed E-state index contributed by atoms with van der Waals surface area (Å²) in [6.07, 6.45) is 3.39. The third kappa shape index (κ3) is 3.35. The van der Waals surface area contributed by atoms with Crippen LogP contribution in [0.4, 0.5) is 5.69 Å². The molecule has 2 rings (SSSR count). The molecular formula is C15H20N2O2. The zero-order valence-electron chi connectivity index (χ0n) is 11.4. The van der Waals surface area contributed by atoms with E-state index in [1.54, 1.807) is 12.2 Å². The minimum absolute atomic E-state index is 0.00993. The molecule has 0 bridgehead atoms. The van der Waals surface area contributed by atoms with Crippen LogP contribution in [0.5, 0.6) is 0 Å². The van der Waals surface area contributed by atoms with Gasteiger partial charge in [-0.1, -0.05) is 12.1 Å². The van der Waals surface area contributed by atoms with Crippen molar-refractivity contribution in [3.8, 4) is 0 Å². The van der Waals surface area contributed by atoms with Crippen LogP contribution in [-0.4, -0.2) is 36.1 Å². The summed E-state index contributed by atoms with van der Waals surface area (Å²) in [4.78, 5) is 14.1. The van der Waals surface area contributed by atoms with Gasteiger partial charge in [0.25, 0.3) is 0 Å². The Kier molecular flexibility index (Phi) is 3.90. The lowest BCUT2D eigenvalue weighted by Crippen LogP contribution is -2.55. The summed E-state index contributed by atoms with van der Waals surface area (Å²) in [5, 5.41) is 0. The number of amides is 1. The smallest absolute Gasteiger partial charge is 0.247 e. The standard InChI is InChI=1S/C15H20N2O2/c1-15(2)11-19-9-8-17(15)14(18)7-6-12-4-3-5-13(16)10-12/h3-7,10H,8-9,11,16H2,1-2H3/b7-6+. The molecule has 0 aliphatic carbocycles. The first-order valence-electron chi connectivity index (χ1n) is 6.42. The lowest BCUT2D eigenvalue weighted by Gasteiger charge is -2.41. The molecule has 1 aliphatic heterocycles. The number of nitrogens with two attached hydrogens (primary N) is 1. The number of hydrogen-bond donors (Lipinski definition) is 1. The van der Waals surface area contributed by atoms with E-state index < -0.39 is 0 Å². The summed E-state index contributed by atoms with van der Waals surface area (Å²) in [6.45, 7) is 5.83. The quantitative estimate of drug-likeness (QED) is 0.653. The van der Waals surface area contributed by atoms with Crippen molar-refractivity contribution in [3.63, 3.8) is 0 Å². The molecule has 1 fully saturated rings. The Bertz CT molecular complexity index is 495. The number of benzene rings is 1. The Morgan fingerprint density at radius 3 is 2.95 bits per heavy atom. The lowest BCUT2D eigenvalue weighted by atomic mass is 10.0. The van der Waals surface area contributed by atoms with Crippen molar-refractivity contribution in [2.45, 2.75) is 19.4 Å². The van der Waals surface area contributed by atoms with Gasteiger partial charge in [0.15, 0.2) is 0 Å². The molecule has 4 nitrogen and oxygen atoms in total. The highest BCUT2D eigenvalue weighted by atomic mass is 16.5. The molecular weight excluding hydrogens is 240 g/mol. The maximum atomic E-state index is 12.2. The molecule has 0 spiro atoms. The van der Waals surface area contributed by atoms with Gasteiger partial charge in [0.1, 0.15) is 0 Å². The zero-order chi connectivity index (χ0) is 13.9. The molecule has 1 aromatic rings. The van der Waals surface area contributed by atoms with Crippen LogP contribution < -0.4 is 5.73 Å². The van der Waals surface area contributed by atoms with Crippen molar-refractivity contribution in [2.24, 2.45) is 0 Å². The highest BCUT2D eigenvalue weighted by Gasteiger charge is 2.32. The molecule has 1 aliphatic rings. The predicted molar refractivity (Wildman–Crippen MR) is 76.5 cm³/mol. The molecule has 0 atom stereocenters. The van der Waals surface area contributed by atoms with Gasteiger partial charge in [-0.3, -0.25) is 4.79 Å². The fourth-order valence-corrected chi connectivity index (χ4v) is 2.19. The Balaban J connectivity index is 2.08. The minimum atomic E-state index is -0.255. The lowest BCUT2D eigenvalue weighted by molar-refractivity contribution is -0.140. The SMILES string of the molecule is CC1(C)COCCN1C(=O)/C=C/c1cccc(N)c1. The van der Waals surface area contributed by atoms with E-state index in [0.29, 0.717) is 25.4 Å². The third-order valence-corrected chi connectivity index (χ3v) is 3.24. The molecule has 1 saturated heterocycles. The maximum absolute atomic E-state index is 12.2. The molecule has 2 N–H and O–H groups in total. The molecule has 0 radical (unpaired) electrons. The van der Waals surface area contributed by atoms with Crippen molar-refractivity contribution in [1.82, 2.24) is 4.90 Å². The maximum Gasteiger partial charge on any atom is 0.247 e. The summed E-state index contributed by atoms with van der Waals surface area (Å²) in [7, 11) is 0. The van der Waals surface area contributed by atoms with E-state index in [-0.39, 0.29) is 11.4 Å². The Morgan fingerprint density at radius 1 is 1.47 bits per heavy atom. The third-order valence-electron chi connectivity index (χ3n) is 3.24. The Labute approximate surface area is 113 Å². The number of morpholine rings is 1. The fourth-order valence-electron chi connectivity index (χ4n) is 2.19. The van der Waals surface area contributed by atoms with E-state index in [1.165, 1.54) is 0 Å². The molecule has 1 heterocycles. The van der Waals surface area contributed by atoms with Crippen LogP contribution in [-0.2, 0) is 9.53 Å². The van der Waals surface area contributed by atoms with Crippen LogP contribution in [0.15, 0.2) is 30.3 Å². The van der Waals surface area contributed by atoms with E-state index >= 15 is 0 Å². The second kappa shape index (κ2) is 5.45. The number of hydrogen-bond acceptors (Lipinski definition) is 3. The molecule has 0 saturated carbocycles. The molecule has 4 heteroatoms. The minimum Gasteiger partial charge on any atom is -0.399 e. The molecule has 1 aromatic carbocycles. The molecule has 0 aromatic heterocycles. The summed E-state index contributed by atoms with van der Waals surface area (Å²) < 4.78 is 5.41. The van der Waals surface area contributed by atoms with Gasteiger partial charge in [-0.15, -0.1) is 0 Å². The zero-order valence-corrected chi connectivity index (χ0v) is 11.4. The van der Waals surface area contributed by atoms with Gasteiger partial charge in [0.05, 0.1) is 18.8 Å². The van der Waals surface area contributed by atoms with Gasteiger partial charge in [0.2, 0.25) is 5.91 Å². The Morgan fingerprint density at radius 2 is 2.26 bits per heavy atom. The average Bonchev–Trinajstić information content (AvgIpc) is 2.35. The number of rotatable bonds is 2. The van der Waals surface area contributed by atoms with Crippen molar-refractivity contribution in [3.05, 3.63) is 35.9 Å². The summed E-state index contributed by atoms with van der Waals surface area (Å²) in [5.74, 6) is 0.00993. The van der Waals surface area contributed by atoms with E-state index in [1.807, 2.05) is 43.0 Å². The van der Waals surface area contributed by atoms with Gasteiger partial charge in [-0.2, -0.15) is 0 Å². The summed E-state index contributed by atoms with van der Waals surface area (Å²) >= 11 is 0. The highest BCUT2D eigenvalue weighted by Crippen LogP contribution is 2.19. The van der Waals surface area contributed by atoms with Crippen LogP contribution in [0, 0.1) is 0 Å². The first-order valence-corrected chi connectivity index (χ1v) is 6.42. The number of ether oxygens (including phenoxy) is 1. The highest BCUT2D eigenvalue weighted by molar-refractivity contribution is 5.92. The van der Waals surface area contributed by atoms with E-state index in [4.69, 9.17) is 10.5 Å². The second-order valence-corrected chi connectivity index (χ2v) is 5.36. The van der Waals surface area contributed by atoms with Gasteiger partial charge < -0.3 is 15.4 Å². The first kappa shape index (κ1) is 13.6. The number of nitrogens with zero attached hydrogens (tertiary/aromatic N) is 1. The van der Waals surface area contributed by atoms with Crippen LogP contribution in [0.25, 0.3) is 6.08 Å². The topological polar surface area (TPSA) is 55.6 Å². The van der Waals surface area contributed by atoms with Crippen LogP contribution in [0.2, 0.25) is 0 Å². The monoisotopic (exact) mass is 260 g/mol. The van der Waals surface area contributed by atoms with Gasteiger partial charge in [0, 0.05) is 18.3 Å². The molecule has 0 unspecified atom stereocenters.